The number of nitrogens with one attached hydrogen (secondary N) is 1. The van der Waals surface area contributed by atoms with Gasteiger partial charge in [-0.05, 0) is 20.8 Å². The van der Waals surface area contributed by atoms with E-state index in [9.17, 15) is 14.4 Å². The van der Waals surface area contributed by atoms with Gasteiger partial charge in [-0.3, -0.25) is 0 Å². The number of amides is 2. The van der Waals surface area contributed by atoms with Gasteiger partial charge >= 0.3 is 183 Å². The van der Waals surface area contributed by atoms with Crippen molar-refractivity contribution >= 4 is 39.9 Å². The first-order valence-corrected chi connectivity index (χ1v) is 22.1. The second-order valence-electron chi connectivity index (χ2n) is 12.1. The summed E-state index contributed by atoms with van der Waals surface area (Å²) in [5.74, 6) is -0.844. The third-order valence-electron chi connectivity index (χ3n) is 5.45. The molecule has 1 aromatic carbocycles. The van der Waals surface area contributed by atoms with Gasteiger partial charge in [0.1, 0.15) is 5.60 Å². The molecule has 0 saturated carbocycles. The molecule has 2 rings (SSSR count). The molecule has 0 bridgehead atoms. The van der Waals surface area contributed by atoms with Crippen molar-refractivity contribution in [3.8, 4) is 0 Å². The minimum absolute atomic E-state index is 0.319. The van der Waals surface area contributed by atoms with Crippen LogP contribution in [0.1, 0.15) is 59.9 Å². The van der Waals surface area contributed by atoms with Crippen LogP contribution in [0.5, 0.6) is 0 Å². The predicted molar refractivity (Wildman–Crippen MR) is 137 cm³/mol. The summed E-state index contributed by atoms with van der Waals surface area (Å²) < 4.78 is 12.5. The van der Waals surface area contributed by atoms with Crippen molar-refractivity contribution in [3.63, 3.8) is 0 Å². The van der Waals surface area contributed by atoms with Gasteiger partial charge in [-0.1, -0.05) is 0 Å². The Labute approximate surface area is 208 Å². The number of esters is 1. The zero-order valence-electron chi connectivity index (χ0n) is 22.3. The monoisotopic (exact) mass is 582 g/mol. The second kappa shape index (κ2) is 10.9. The zero-order valence-corrected chi connectivity index (χ0v) is 25.1. The van der Waals surface area contributed by atoms with Crippen molar-refractivity contribution in [2.75, 3.05) is 6.54 Å². The van der Waals surface area contributed by atoms with Crippen LogP contribution >= 0.6 is 0 Å². The molecule has 2 atom stereocenters. The molecule has 0 aromatic heterocycles. The fourth-order valence-electron chi connectivity index (χ4n) is 3.79. The molecular weight excluding hydrogens is 539 g/mol. The maximum atomic E-state index is 13.2. The first-order chi connectivity index (χ1) is 15.5. The molecule has 0 radical (unpaired) electrons. The molecule has 0 aliphatic carbocycles. The first-order valence-electron chi connectivity index (χ1n) is 12.1. The molecular formula is C26H42N2O5Sn. The Morgan fingerprint density at radius 1 is 1.00 bits per heavy atom. The van der Waals surface area contributed by atoms with Gasteiger partial charge < -0.3 is 0 Å². The summed E-state index contributed by atoms with van der Waals surface area (Å²) in [7, 11) is 0. The average molecular weight is 581 g/mol. The Kier molecular flexibility index (Phi) is 9.10. The number of ether oxygens (including phenoxy) is 2. The fraction of sp³-hybridized carbons (Fsp3) is 0.654. The molecule has 8 heteroatoms. The molecule has 1 aliphatic heterocycles. The van der Waals surface area contributed by atoms with Crippen molar-refractivity contribution in [1.29, 1.82) is 0 Å². The van der Waals surface area contributed by atoms with E-state index < -0.39 is 53.7 Å². The molecule has 0 spiro atoms. The third kappa shape index (κ3) is 8.78. The van der Waals surface area contributed by atoms with Crippen molar-refractivity contribution in [2.24, 2.45) is 0 Å². The minimum Gasteiger partial charge on any atom is -0.0253 e. The summed E-state index contributed by atoms with van der Waals surface area (Å²) in [6.07, 6.45) is 1.04. The van der Waals surface area contributed by atoms with E-state index >= 15 is 0 Å². The van der Waals surface area contributed by atoms with E-state index in [1.165, 1.54) is 8.48 Å². The Balaban J connectivity index is 2.20. The standard InChI is InChI=1S/C23H33N2O5.3CH3.Sn/c1-22(2,3)29-20(27)17(15-16-11-8-7-9-12-16)24-19(26)18-13-10-14-25(18)21(28)30-23(4,5)6;;;;/h8-9,11-12,17-18H,10,13-15H2,1-6H3,(H,24,26);3*1H3;/t17-,18-;;;;/m0..../s1. The fourth-order valence-corrected chi connectivity index (χ4v) is 7.12. The van der Waals surface area contributed by atoms with Crippen molar-refractivity contribution in [1.82, 2.24) is 10.2 Å². The molecule has 34 heavy (non-hydrogen) atoms. The van der Waals surface area contributed by atoms with Crippen LogP contribution in [0.4, 0.5) is 4.79 Å². The first kappa shape index (κ1) is 28.5. The minimum atomic E-state index is -2.19. The van der Waals surface area contributed by atoms with Crippen molar-refractivity contribution in [2.45, 2.75) is 98.9 Å². The van der Waals surface area contributed by atoms with E-state index in [0.29, 0.717) is 25.8 Å². The summed E-state index contributed by atoms with van der Waals surface area (Å²) >= 11 is -2.19. The molecule has 1 saturated heterocycles. The van der Waals surface area contributed by atoms with Gasteiger partial charge in [0.05, 0.1) is 0 Å². The van der Waals surface area contributed by atoms with E-state index in [4.69, 9.17) is 9.47 Å². The zero-order chi connectivity index (χ0) is 25.9. The van der Waals surface area contributed by atoms with E-state index in [2.05, 4.69) is 32.3 Å². The number of nitrogens with zero attached hydrogens (tertiary/aromatic N) is 1. The number of benzene rings is 1. The molecule has 2 amide bonds. The third-order valence-corrected chi connectivity index (χ3v) is 11.3. The average Bonchev–Trinajstić information content (AvgIpc) is 3.14. The summed E-state index contributed by atoms with van der Waals surface area (Å²) in [5.41, 5.74) is -0.380. The van der Waals surface area contributed by atoms with E-state index in [1.54, 1.807) is 41.5 Å². The quantitative estimate of drug-likeness (QED) is 0.406. The number of hydrogen-bond acceptors (Lipinski definition) is 5. The predicted octanol–water partition coefficient (Wildman–Crippen LogP) is 4.00. The summed E-state index contributed by atoms with van der Waals surface area (Å²) in [6, 6.07) is 6.82. The number of hydrogen-bond donors (Lipinski definition) is 1. The molecule has 1 aromatic rings. The van der Waals surface area contributed by atoms with Gasteiger partial charge in [0.2, 0.25) is 0 Å². The smallest absolute Gasteiger partial charge is 0.0253 e. The Hall–Kier alpha value is -1.77. The van der Waals surface area contributed by atoms with Crippen LogP contribution in [0.25, 0.3) is 0 Å². The van der Waals surface area contributed by atoms with Crippen LogP contribution in [0.2, 0.25) is 14.8 Å². The Morgan fingerprint density at radius 3 is 2.06 bits per heavy atom. The summed E-state index contributed by atoms with van der Waals surface area (Å²) in [4.78, 5) is 47.4. The van der Waals surface area contributed by atoms with E-state index in [-0.39, 0.29) is 5.91 Å². The van der Waals surface area contributed by atoms with Crippen LogP contribution in [0, 0.1) is 0 Å². The van der Waals surface area contributed by atoms with Crippen molar-refractivity contribution in [3.05, 3.63) is 29.8 Å². The molecule has 0 unspecified atom stereocenters. The second-order valence-corrected chi connectivity index (χ2v) is 26.6. The normalized spacial score (nSPS) is 17.8. The van der Waals surface area contributed by atoms with Gasteiger partial charge in [-0.15, -0.1) is 0 Å². The van der Waals surface area contributed by atoms with Gasteiger partial charge in [-0.2, -0.15) is 0 Å². The molecule has 190 valence electrons. The van der Waals surface area contributed by atoms with Gasteiger partial charge in [0.25, 0.3) is 0 Å². The van der Waals surface area contributed by atoms with Gasteiger partial charge in [0, 0.05) is 0 Å². The van der Waals surface area contributed by atoms with Gasteiger partial charge in [0.15, 0.2) is 0 Å². The van der Waals surface area contributed by atoms with Crippen molar-refractivity contribution < 1.29 is 23.9 Å². The number of carbonyl (C=O) groups is 3. The topological polar surface area (TPSA) is 84.9 Å². The van der Waals surface area contributed by atoms with Crippen LogP contribution in [0.3, 0.4) is 0 Å². The van der Waals surface area contributed by atoms with Crippen LogP contribution in [-0.4, -0.2) is 71.1 Å². The molecule has 1 aliphatic rings. The summed E-state index contributed by atoms with van der Waals surface area (Å²) in [6.45, 7) is 11.2. The molecule has 1 heterocycles. The van der Waals surface area contributed by atoms with Gasteiger partial charge in [-0.25, -0.2) is 0 Å². The van der Waals surface area contributed by atoms with E-state index in [1.807, 2.05) is 12.1 Å². The number of rotatable bonds is 6. The molecule has 1 N–H and O–H groups in total. The SMILES string of the molecule is CC(C)(C)OC(=O)[C@H](Cc1cc[c]([Sn]([CH3])([CH3])[CH3])cc1)NC(=O)[C@@H]1CCCN1C(=O)OC(C)(C)C. The number of carbonyl (C=O) groups excluding carboxylic acids is 3. The Morgan fingerprint density at radius 2 is 1.56 bits per heavy atom. The van der Waals surface area contributed by atoms with Crippen LogP contribution in [0.15, 0.2) is 24.3 Å². The van der Waals surface area contributed by atoms with E-state index in [0.717, 1.165) is 5.56 Å². The van der Waals surface area contributed by atoms with Crippen LogP contribution in [-0.2, 0) is 25.5 Å². The summed E-state index contributed by atoms with van der Waals surface area (Å²) in [5, 5.41) is 2.87. The Bertz CT molecular complexity index is 878. The molecule has 7 nitrogen and oxygen atoms in total. The molecule has 1 fully saturated rings. The number of likely N-dealkylation sites (tertiary alicyclic amines) is 1. The van der Waals surface area contributed by atoms with Crippen LogP contribution < -0.4 is 8.90 Å². The maximum absolute atomic E-state index is 13.2.